The van der Waals surface area contributed by atoms with E-state index < -0.39 is 12.2 Å². The Bertz CT molecular complexity index is 808. The van der Waals surface area contributed by atoms with E-state index in [0.29, 0.717) is 28.3 Å². The number of rotatable bonds is 4. The van der Waals surface area contributed by atoms with Gasteiger partial charge < -0.3 is 5.32 Å². The van der Waals surface area contributed by atoms with Gasteiger partial charge in [0.2, 0.25) is 0 Å². The molecule has 0 bridgehead atoms. The van der Waals surface area contributed by atoms with Crippen molar-refractivity contribution in [1.82, 2.24) is 9.97 Å². The number of fused-ring (bicyclic) bond motifs is 1. The molecule has 3 rings (SSSR count). The molecular weight excluding hydrogens is 308 g/mol. The average Bonchev–Trinajstić information content (AvgIpc) is 2.52. The maximum absolute atomic E-state index is 12.9. The maximum atomic E-state index is 12.9. The van der Waals surface area contributed by atoms with Crippen LogP contribution in [0.15, 0.2) is 48.5 Å². The summed E-state index contributed by atoms with van der Waals surface area (Å²) in [6.07, 6.45) is -2.71. The van der Waals surface area contributed by atoms with Crippen molar-refractivity contribution in [1.29, 1.82) is 0 Å². The molecule has 3 nitrogen and oxygen atoms in total. The normalized spacial score (nSPS) is 11.1. The molecule has 2 aromatic carbocycles. The lowest BCUT2D eigenvalue weighted by Gasteiger charge is -2.11. The van der Waals surface area contributed by atoms with E-state index in [2.05, 4.69) is 15.3 Å². The summed E-state index contributed by atoms with van der Waals surface area (Å²) in [5.74, 6) is -0.0897. The molecule has 0 fully saturated rings. The highest BCUT2D eigenvalue weighted by Gasteiger charge is 2.14. The molecule has 112 valence electrons. The van der Waals surface area contributed by atoms with Gasteiger partial charge in [0.05, 0.1) is 5.52 Å². The van der Waals surface area contributed by atoms with Gasteiger partial charge >= 0.3 is 0 Å². The molecule has 0 aliphatic rings. The third-order valence-electron chi connectivity index (χ3n) is 3.16. The summed E-state index contributed by atoms with van der Waals surface area (Å²) in [6, 6.07) is 14.4. The molecule has 0 amide bonds. The first-order valence-electron chi connectivity index (χ1n) is 6.66. The largest absolute Gasteiger partial charge is 0.365 e. The Morgan fingerprint density at radius 1 is 1.05 bits per heavy atom. The third kappa shape index (κ3) is 3.14. The smallest absolute Gasteiger partial charge is 0.297 e. The fourth-order valence-electron chi connectivity index (χ4n) is 2.16. The van der Waals surface area contributed by atoms with Crippen LogP contribution in [-0.4, -0.2) is 9.97 Å². The first kappa shape index (κ1) is 14.7. The molecule has 22 heavy (non-hydrogen) atoms. The van der Waals surface area contributed by atoms with E-state index in [1.54, 1.807) is 24.3 Å². The van der Waals surface area contributed by atoms with E-state index in [1.807, 2.05) is 24.3 Å². The Morgan fingerprint density at radius 2 is 1.86 bits per heavy atom. The Kier molecular flexibility index (Phi) is 4.15. The van der Waals surface area contributed by atoms with E-state index >= 15 is 0 Å². The van der Waals surface area contributed by atoms with Gasteiger partial charge in [-0.15, -0.1) is 0 Å². The lowest BCUT2D eigenvalue weighted by Crippen LogP contribution is -2.06. The fourth-order valence-corrected chi connectivity index (χ4v) is 2.37. The van der Waals surface area contributed by atoms with Gasteiger partial charge in [0.15, 0.2) is 5.82 Å². The van der Waals surface area contributed by atoms with Crippen molar-refractivity contribution in [2.75, 3.05) is 5.32 Å². The highest BCUT2D eigenvalue weighted by molar-refractivity contribution is 6.30. The number of hydrogen-bond acceptors (Lipinski definition) is 3. The molecule has 0 saturated heterocycles. The van der Waals surface area contributed by atoms with Crippen LogP contribution in [0.1, 0.15) is 17.8 Å². The van der Waals surface area contributed by atoms with E-state index in [9.17, 15) is 8.78 Å². The topological polar surface area (TPSA) is 37.8 Å². The molecule has 0 spiro atoms. The number of nitrogens with zero attached hydrogens (tertiary/aromatic N) is 2. The molecule has 0 aliphatic heterocycles. The van der Waals surface area contributed by atoms with Gasteiger partial charge in [-0.1, -0.05) is 35.9 Å². The van der Waals surface area contributed by atoms with Crippen molar-refractivity contribution in [3.63, 3.8) is 0 Å². The highest BCUT2D eigenvalue weighted by atomic mass is 35.5. The number of alkyl halides is 2. The number of anilines is 1. The SMILES string of the molecule is FC(F)c1nc(NCc2cccc(Cl)c2)c2ccccc2n1. The summed E-state index contributed by atoms with van der Waals surface area (Å²) >= 11 is 5.94. The van der Waals surface area contributed by atoms with Crippen LogP contribution in [0.3, 0.4) is 0 Å². The van der Waals surface area contributed by atoms with E-state index in [4.69, 9.17) is 11.6 Å². The van der Waals surface area contributed by atoms with Crippen LogP contribution in [0.5, 0.6) is 0 Å². The molecule has 0 radical (unpaired) electrons. The van der Waals surface area contributed by atoms with Gasteiger partial charge in [-0.05, 0) is 29.8 Å². The van der Waals surface area contributed by atoms with Crippen LogP contribution in [0.4, 0.5) is 14.6 Å². The minimum absolute atomic E-state index is 0.390. The number of halogens is 3. The van der Waals surface area contributed by atoms with Crippen molar-refractivity contribution >= 4 is 28.3 Å². The number of aromatic nitrogens is 2. The summed E-state index contributed by atoms with van der Waals surface area (Å²) in [6.45, 7) is 0.435. The zero-order valence-corrected chi connectivity index (χ0v) is 12.2. The van der Waals surface area contributed by atoms with Crippen LogP contribution < -0.4 is 5.32 Å². The summed E-state index contributed by atoms with van der Waals surface area (Å²) in [5.41, 5.74) is 1.43. The lowest BCUT2D eigenvalue weighted by molar-refractivity contribution is 0.141. The van der Waals surface area contributed by atoms with Crippen molar-refractivity contribution < 1.29 is 8.78 Å². The van der Waals surface area contributed by atoms with E-state index in [-0.39, 0.29) is 0 Å². The highest BCUT2D eigenvalue weighted by Crippen LogP contribution is 2.25. The monoisotopic (exact) mass is 319 g/mol. The van der Waals surface area contributed by atoms with Gasteiger partial charge in [0.25, 0.3) is 6.43 Å². The van der Waals surface area contributed by atoms with Crippen molar-refractivity contribution in [2.24, 2.45) is 0 Å². The first-order valence-corrected chi connectivity index (χ1v) is 7.04. The van der Waals surface area contributed by atoms with Gasteiger partial charge in [-0.25, -0.2) is 18.7 Å². The fraction of sp³-hybridized carbons (Fsp3) is 0.125. The maximum Gasteiger partial charge on any atom is 0.297 e. The quantitative estimate of drug-likeness (QED) is 0.748. The predicted octanol–water partition coefficient (Wildman–Crippen LogP) is 4.83. The third-order valence-corrected chi connectivity index (χ3v) is 3.40. The van der Waals surface area contributed by atoms with Gasteiger partial charge in [-0.3, -0.25) is 0 Å². The molecule has 1 aromatic heterocycles. The summed E-state index contributed by atoms with van der Waals surface area (Å²) in [5, 5.41) is 4.41. The predicted molar refractivity (Wildman–Crippen MR) is 83.3 cm³/mol. The molecule has 1 heterocycles. The van der Waals surface area contributed by atoms with Crippen molar-refractivity contribution in [3.05, 3.63) is 64.9 Å². The summed E-state index contributed by atoms with van der Waals surface area (Å²) in [7, 11) is 0. The first-order chi connectivity index (χ1) is 10.6. The average molecular weight is 320 g/mol. The zero-order valence-electron chi connectivity index (χ0n) is 11.4. The van der Waals surface area contributed by atoms with Gasteiger partial charge in [0, 0.05) is 17.0 Å². The summed E-state index contributed by atoms with van der Waals surface area (Å²) in [4.78, 5) is 7.81. The second-order valence-electron chi connectivity index (χ2n) is 4.73. The van der Waals surface area contributed by atoms with Crippen LogP contribution in [0, 0.1) is 0 Å². The Balaban J connectivity index is 1.95. The van der Waals surface area contributed by atoms with E-state index in [0.717, 1.165) is 5.56 Å². The summed E-state index contributed by atoms with van der Waals surface area (Å²) < 4.78 is 25.8. The van der Waals surface area contributed by atoms with E-state index in [1.165, 1.54) is 0 Å². The second kappa shape index (κ2) is 6.23. The Labute approximate surface area is 131 Å². The molecule has 1 N–H and O–H groups in total. The standard InChI is InChI=1S/C16H12ClF2N3/c17-11-5-3-4-10(8-11)9-20-15-12-6-1-2-7-13(12)21-16(22-15)14(18)19/h1-8,14H,9H2,(H,20,21,22). The van der Waals surface area contributed by atoms with Crippen LogP contribution in [-0.2, 0) is 6.54 Å². The lowest BCUT2D eigenvalue weighted by atomic mass is 10.2. The molecular formula is C16H12ClF2N3. The second-order valence-corrected chi connectivity index (χ2v) is 5.17. The van der Waals surface area contributed by atoms with Crippen molar-refractivity contribution in [3.8, 4) is 0 Å². The number of para-hydroxylation sites is 1. The van der Waals surface area contributed by atoms with Gasteiger partial charge in [-0.2, -0.15) is 0 Å². The molecule has 0 aliphatic carbocycles. The van der Waals surface area contributed by atoms with Crippen LogP contribution in [0.25, 0.3) is 10.9 Å². The Hall–Kier alpha value is -2.27. The van der Waals surface area contributed by atoms with Crippen molar-refractivity contribution in [2.45, 2.75) is 13.0 Å². The van der Waals surface area contributed by atoms with Crippen LogP contribution in [0.2, 0.25) is 5.02 Å². The molecule has 0 atom stereocenters. The number of hydrogen-bond donors (Lipinski definition) is 1. The minimum atomic E-state index is -2.71. The molecule has 3 aromatic rings. The minimum Gasteiger partial charge on any atom is -0.365 e. The van der Waals surface area contributed by atoms with Crippen LogP contribution >= 0.6 is 11.6 Å². The number of nitrogens with one attached hydrogen (secondary N) is 1. The molecule has 0 saturated carbocycles. The van der Waals surface area contributed by atoms with Gasteiger partial charge in [0.1, 0.15) is 5.82 Å². The number of benzene rings is 2. The molecule has 6 heteroatoms. The molecule has 0 unspecified atom stereocenters. The Morgan fingerprint density at radius 3 is 2.64 bits per heavy atom. The zero-order chi connectivity index (χ0) is 15.5.